The number of benzene rings is 2. The van der Waals surface area contributed by atoms with Crippen LogP contribution in [0.3, 0.4) is 0 Å². The number of nitrogens with two attached hydrogens (primary N) is 2. The highest BCUT2D eigenvalue weighted by Gasteiger charge is 2.31. The van der Waals surface area contributed by atoms with E-state index >= 15 is 0 Å². The number of alkyl halides is 3. The lowest BCUT2D eigenvalue weighted by Gasteiger charge is -2.20. The Labute approximate surface area is 147 Å². The Bertz CT molecular complexity index is 750. The zero-order chi connectivity index (χ0) is 18.6. The van der Waals surface area contributed by atoms with E-state index < -0.39 is 23.7 Å². The fourth-order valence-electron chi connectivity index (χ4n) is 2.16. The Morgan fingerprint density at radius 3 is 2.32 bits per heavy atom. The van der Waals surface area contributed by atoms with Crippen LogP contribution in [-0.4, -0.2) is 12.5 Å². The van der Waals surface area contributed by atoms with Crippen molar-refractivity contribution in [2.24, 2.45) is 5.73 Å². The lowest BCUT2D eigenvalue weighted by molar-refractivity contribution is -0.137. The highest BCUT2D eigenvalue weighted by atomic mass is 35.5. The summed E-state index contributed by atoms with van der Waals surface area (Å²) in [6, 6.07) is 8.51. The van der Waals surface area contributed by atoms with E-state index in [1.54, 1.807) is 12.1 Å². The van der Waals surface area contributed by atoms with Gasteiger partial charge in [-0.15, -0.1) is 0 Å². The first-order chi connectivity index (χ1) is 11.7. The number of hydrogen-bond donors (Lipinski definition) is 4. The number of carbonyl (C=O) groups excluding carboxylic acids is 1. The van der Waals surface area contributed by atoms with E-state index in [-0.39, 0.29) is 12.2 Å². The maximum Gasteiger partial charge on any atom is 0.416 e. The molecular formula is C16H16ClF3N4O. The summed E-state index contributed by atoms with van der Waals surface area (Å²) in [5.41, 5.74) is 16.3. The smallest absolute Gasteiger partial charge is 0.398 e. The van der Waals surface area contributed by atoms with Crippen LogP contribution in [0.1, 0.15) is 27.5 Å². The third-order valence-corrected chi connectivity index (χ3v) is 3.74. The van der Waals surface area contributed by atoms with Gasteiger partial charge in [0.05, 0.1) is 11.6 Å². The molecule has 5 nitrogen and oxygen atoms in total. The maximum atomic E-state index is 12.7. The highest BCUT2D eigenvalue weighted by molar-refractivity contribution is 6.30. The quantitative estimate of drug-likeness (QED) is 0.479. The van der Waals surface area contributed by atoms with E-state index in [9.17, 15) is 18.0 Å². The number of nitrogens with one attached hydrogen (secondary N) is 2. The molecule has 1 amide bonds. The van der Waals surface area contributed by atoms with Crippen LogP contribution >= 0.6 is 11.6 Å². The number of amides is 1. The molecule has 25 heavy (non-hydrogen) atoms. The largest absolute Gasteiger partial charge is 0.416 e. The molecule has 1 atom stereocenters. The molecular weight excluding hydrogens is 357 g/mol. The zero-order valence-corrected chi connectivity index (χ0v) is 13.7. The SMILES string of the molecule is NCC(NNC(=O)c1ccc(Cl)cc1)c1ccc(C(F)(F)F)cc1N. The molecule has 0 aliphatic rings. The predicted octanol–water partition coefficient (Wildman–Crippen LogP) is 2.88. The first-order valence-electron chi connectivity index (χ1n) is 7.20. The Hall–Kier alpha value is -2.29. The van der Waals surface area contributed by atoms with Crippen molar-refractivity contribution in [3.05, 3.63) is 64.2 Å². The van der Waals surface area contributed by atoms with Crippen LogP contribution in [0, 0.1) is 0 Å². The van der Waals surface area contributed by atoms with E-state index in [4.69, 9.17) is 23.1 Å². The molecule has 0 aliphatic heterocycles. The van der Waals surface area contributed by atoms with E-state index in [1.165, 1.54) is 18.2 Å². The van der Waals surface area contributed by atoms with E-state index in [0.717, 1.165) is 12.1 Å². The van der Waals surface area contributed by atoms with Crippen molar-refractivity contribution in [1.82, 2.24) is 10.9 Å². The van der Waals surface area contributed by atoms with Crippen molar-refractivity contribution in [2.45, 2.75) is 12.2 Å². The second-order valence-corrected chi connectivity index (χ2v) is 5.67. The first-order valence-corrected chi connectivity index (χ1v) is 7.58. The molecule has 6 N–H and O–H groups in total. The van der Waals surface area contributed by atoms with Crippen LogP contribution in [0.15, 0.2) is 42.5 Å². The number of anilines is 1. The molecule has 0 bridgehead atoms. The van der Waals surface area contributed by atoms with Crippen LogP contribution in [0.2, 0.25) is 5.02 Å². The van der Waals surface area contributed by atoms with Crippen LogP contribution in [0.5, 0.6) is 0 Å². The van der Waals surface area contributed by atoms with Gasteiger partial charge in [0.1, 0.15) is 0 Å². The summed E-state index contributed by atoms with van der Waals surface area (Å²) in [7, 11) is 0. The van der Waals surface area contributed by atoms with Gasteiger partial charge in [-0.2, -0.15) is 13.2 Å². The molecule has 0 aromatic heterocycles. The average Bonchev–Trinajstić information content (AvgIpc) is 2.56. The van der Waals surface area contributed by atoms with Gasteiger partial charge in [0.2, 0.25) is 0 Å². The van der Waals surface area contributed by atoms with Gasteiger partial charge in [0.25, 0.3) is 5.91 Å². The molecule has 0 radical (unpaired) electrons. The summed E-state index contributed by atoms with van der Waals surface area (Å²) in [5, 5.41) is 0.488. The molecule has 1 unspecified atom stereocenters. The molecule has 2 aromatic rings. The first kappa shape index (κ1) is 19.0. The summed E-state index contributed by atoms with van der Waals surface area (Å²) < 4.78 is 38.1. The molecule has 9 heteroatoms. The summed E-state index contributed by atoms with van der Waals surface area (Å²) in [6.45, 7) is 0.0104. The van der Waals surface area contributed by atoms with Gasteiger partial charge in [0.15, 0.2) is 0 Å². The fraction of sp³-hybridized carbons (Fsp3) is 0.188. The molecule has 0 aliphatic carbocycles. The van der Waals surface area contributed by atoms with Crippen molar-refractivity contribution in [3.8, 4) is 0 Å². The molecule has 0 saturated carbocycles. The molecule has 0 heterocycles. The number of hydrazine groups is 1. The normalized spacial score (nSPS) is 12.7. The van der Waals surface area contributed by atoms with E-state index in [2.05, 4.69) is 10.9 Å². The van der Waals surface area contributed by atoms with Crippen molar-refractivity contribution >= 4 is 23.2 Å². The Morgan fingerprint density at radius 1 is 1.16 bits per heavy atom. The van der Waals surface area contributed by atoms with Gasteiger partial charge in [-0.25, -0.2) is 5.43 Å². The predicted molar refractivity (Wildman–Crippen MR) is 89.7 cm³/mol. The Morgan fingerprint density at radius 2 is 1.80 bits per heavy atom. The molecule has 2 rings (SSSR count). The minimum Gasteiger partial charge on any atom is -0.398 e. The van der Waals surface area contributed by atoms with Crippen molar-refractivity contribution in [3.63, 3.8) is 0 Å². The number of hydrogen-bond acceptors (Lipinski definition) is 4. The van der Waals surface area contributed by atoms with Gasteiger partial charge < -0.3 is 11.5 Å². The van der Waals surface area contributed by atoms with Crippen molar-refractivity contribution in [2.75, 3.05) is 12.3 Å². The van der Waals surface area contributed by atoms with Crippen LogP contribution in [-0.2, 0) is 6.18 Å². The number of halogens is 4. The summed E-state index contributed by atoms with van der Waals surface area (Å²) >= 11 is 5.75. The standard InChI is InChI=1S/C16H16ClF3N4O/c17-11-4-1-9(2-5-11)15(25)24-23-14(8-21)12-6-3-10(7-13(12)22)16(18,19)20/h1-7,14,23H,8,21-22H2,(H,24,25). The monoisotopic (exact) mass is 372 g/mol. The molecule has 0 fully saturated rings. The van der Waals surface area contributed by atoms with Gasteiger partial charge in [-0.3, -0.25) is 10.2 Å². The van der Waals surface area contributed by atoms with Crippen molar-refractivity contribution < 1.29 is 18.0 Å². The highest BCUT2D eigenvalue weighted by Crippen LogP contribution is 2.32. The third-order valence-electron chi connectivity index (χ3n) is 3.49. The number of nitrogen functional groups attached to an aromatic ring is 1. The average molecular weight is 373 g/mol. The number of rotatable bonds is 5. The van der Waals surface area contributed by atoms with Crippen molar-refractivity contribution in [1.29, 1.82) is 0 Å². The second kappa shape index (κ2) is 7.73. The Balaban J connectivity index is 2.09. The summed E-state index contributed by atoms with van der Waals surface area (Å²) in [6.07, 6.45) is -4.49. The van der Waals surface area contributed by atoms with Crippen LogP contribution in [0.4, 0.5) is 18.9 Å². The van der Waals surface area contributed by atoms with Gasteiger partial charge >= 0.3 is 6.18 Å². The Kier molecular flexibility index (Phi) is 5.89. The van der Waals surface area contributed by atoms with Gasteiger partial charge in [-0.1, -0.05) is 17.7 Å². The molecule has 2 aromatic carbocycles. The van der Waals surface area contributed by atoms with E-state index in [0.29, 0.717) is 16.1 Å². The minimum absolute atomic E-state index is 0.0104. The maximum absolute atomic E-state index is 12.7. The van der Waals surface area contributed by atoms with Gasteiger partial charge in [0, 0.05) is 22.8 Å². The summed E-state index contributed by atoms with van der Waals surface area (Å²) in [5.74, 6) is -0.444. The number of carbonyl (C=O) groups is 1. The minimum atomic E-state index is -4.49. The lowest BCUT2D eigenvalue weighted by atomic mass is 10.0. The zero-order valence-electron chi connectivity index (χ0n) is 12.9. The topological polar surface area (TPSA) is 93.2 Å². The lowest BCUT2D eigenvalue weighted by Crippen LogP contribution is -2.42. The molecule has 0 spiro atoms. The van der Waals surface area contributed by atoms with Crippen LogP contribution < -0.4 is 22.3 Å². The van der Waals surface area contributed by atoms with Crippen LogP contribution in [0.25, 0.3) is 0 Å². The third kappa shape index (κ3) is 4.85. The van der Waals surface area contributed by atoms with Gasteiger partial charge in [-0.05, 0) is 42.0 Å². The second-order valence-electron chi connectivity index (χ2n) is 5.24. The summed E-state index contributed by atoms with van der Waals surface area (Å²) in [4.78, 5) is 12.0. The fourth-order valence-corrected chi connectivity index (χ4v) is 2.28. The van der Waals surface area contributed by atoms with E-state index in [1.807, 2.05) is 0 Å². The molecule has 134 valence electrons. The molecule has 0 saturated heterocycles.